The molecular formula is C23H30N2OS. The van der Waals surface area contributed by atoms with Crippen LogP contribution in [0.15, 0.2) is 42.5 Å². The van der Waals surface area contributed by atoms with Crippen LogP contribution in [0.1, 0.15) is 42.0 Å². The first-order valence-electron chi connectivity index (χ1n) is 9.70. The van der Waals surface area contributed by atoms with E-state index in [0.717, 1.165) is 31.1 Å². The Hall–Kier alpha value is -1.64. The fourth-order valence-corrected chi connectivity index (χ4v) is 4.40. The maximum Gasteiger partial charge on any atom is 0.120 e. The SMILES string of the molecule is CN(Cc1ccccc1)[C@@H]1CCCN(Cc2ccc(C#CC(C)(C)O)s2)C1. The first-order valence-corrected chi connectivity index (χ1v) is 10.5. The number of rotatable bonds is 5. The predicted octanol–water partition coefficient (Wildman–Crippen LogP) is 3.97. The number of benzene rings is 1. The van der Waals surface area contributed by atoms with Gasteiger partial charge in [-0.3, -0.25) is 9.80 Å². The summed E-state index contributed by atoms with van der Waals surface area (Å²) in [6.45, 7) is 7.71. The molecule has 1 saturated heterocycles. The second-order valence-electron chi connectivity index (χ2n) is 8.01. The van der Waals surface area contributed by atoms with E-state index in [1.54, 1.807) is 25.2 Å². The molecule has 1 aliphatic rings. The van der Waals surface area contributed by atoms with E-state index in [9.17, 15) is 5.11 Å². The van der Waals surface area contributed by atoms with Gasteiger partial charge in [0, 0.05) is 30.6 Å². The molecule has 1 N–H and O–H groups in total. The van der Waals surface area contributed by atoms with E-state index in [4.69, 9.17) is 0 Å². The molecule has 27 heavy (non-hydrogen) atoms. The van der Waals surface area contributed by atoms with Crippen LogP contribution in [0.5, 0.6) is 0 Å². The number of thiophene rings is 1. The average Bonchev–Trinajstić information content (AvgIpc) is 3.08. The molecule has 1 aromatic heterocycles. The molecule has 2 heterocycles. The summed E-state index contributed by atoms with van der Waals surface area (Å²) in [4.78, 5) is 7.44. The van der Waals surface area contributed by atoms with Crippen LogP contribution in [-0.2, 0) is 13.1 Å². The molecule has 144 valence electrons. The van der Waals surface area contributed by atoms with Gasteiger partial charge in [0.25, 0.3) is 0 Å². The Kier molecular flexibility index (Phi) is 6.73. The quantitative estimate of drug-likeness (QED) is 0.793. The minimum absolute atomic E-state index is 0.605. The highest BCUT2D eigenvalue weighted by Crippen LogP contribution is 2.22. The van der Waals surface area contributed by atoms with E-state index in [1.807, 2.05) is 0 Å². The van der Waals surface area contributed by atoms with Gasteiger partial charge in [0.15, 0.2) is 0 Å². The normalized spacial score (nSPS) is 18.3. The Morgan fingerprint density at radius 3 is 2.74 bits per heavy atom. The van der Waals surface area contributed by atoms with Gasteiger partial charge in [-0.25, -0.2) is 0 Å². The first kappa shape index (κ1) is 20.1. The van der Waals surface area contributed by atoms with E-state index in [1.165, 1.54) is 23.3 Å². The molecule has 0 amide bonds. The Bertz CT molecular complexity index is 782. The van der Waals surface area contributed by atoms with Gasteiger partial charge in [0.2, 0.25) is 0 Å². The lowest BCUT2D eigenvalue weighted by Gasteiger charge is -2.37. The number of likely N-dealkylation sites (N-methyl/N-ethyl adjacent to an activating group) is 1. The van der Waals surface area contributed by atoms with E-state index in [-0.39, 0.29) is 0 Å². The topological polar surface area (TPSA) is 26.7 Å². The standard InChI is InChI=1S/C23H30N2OS/c1-23(2,26)14-13-21-11-12-22(27-21)18-25-15-7-10-20(17-25)24(3)16-19-8-5-4-6-9-19/h4-6,8-9,11-12,20,26H,7,10,15-18H2,1-3H3/t20-/m1/s1. The summed E-state index contributed by atoms with van der Waals surface area (Å²) in [5, 5.41) is 9.75. The summed E-state index contributed by atoms with van der Waals surface area (Å²) in [7, 11) is 2.25. The maximum absolute atomic E-state index is 9.75. The molecule has 1 atom stereocenters. The second kappa shape index (κ2) is 9.03. The molecule has 1 aromatic carbocycles. The summed E-state index contributed by atoms with van der Waals surface area (Å²) in [6, 6.07) is 15.6. The number of likely N-dealkylation sites (tertiary alicyclic amines) is 1. The summed E-state index contributed by atoms with van der Waals surface area (Å²) in [5.41, 5.74) is 0.443. The molecular weight excluding hydrogens is 352 g/mol. The molecule has 3 nitrogen and oxygen atoms in total. The third kappa shape index (κ3) is 6.48. The Labute approximate surface area is 167 Å². The fraction of sp³-hybridized carbons (Fsp3) is 0.478. The highest BCUT2D eigenvalue weighted by molar-refractivity contribution is 7.12. The summed E-state index contributed by atoms with van der Waals surface area (Å²) < 4.78 is 0. The van der Waals surface area contributed by atoms with Crippen molar-refractivity contribution in [1.82, 2.24) is 9.80 Å². The van der Waals surface area contributed by atoms with Crippen LogP contribution in [0.3, 0.4) is 0 Å². The number of piperidine rings is 1. The molecule has 4 heteroatoms. The number of hydrogen-bond donors (Lipinski definition) is 1. The van der Waals surface area contributed by atoms with Crippen LogP contribution in [0.2, 0.25) is 0 Å². The van der Waals surface area contributed by atoms with Crippen molar-refractivity contribution >= 4 is 11.3 Å². The van der Waals surface area contributed by atoms with Gasteiger partial charge in [-0.1, -0.05) is 42.2 Å². The van der Waals surface area contributed by atoms with Gasteiger partial charge in [-0.2, -0.15) is 0 Å². The first-order chi connectivity index (χ1) is 12.9. The van der Waals surface area contributed by atoms with Crippen LogP contribution in [-0.4, -0.2) is 46.7 Å². The molecule has 0 aliphatic carbocycles. The zero-order chi connectivity index (χ0) is 19.3. The lowest BCUT2D eigenvalue weighted by atomic mass is 10.0. The van der Waals surface area contributed by atoms with Gasteiger partial charge in [-0.05, 0) is 58.0 Å². The smallest absolute Gasteiger partial charge is 0.120 e. The molecule has 0 spiro atoms. The van der Waals surface area contributed by atoms with E-state index in [2.05, 4.69) is 71.2 Å². The largest absolute Gasteiger partial charge is 0.378 e. The molecule has 3 rings (SSSR count). The minimum atomic E-state index is -0.937. The van der Waals surface area contributed by atoms with E-state index < -0.39 is 5.60 Å². The molecule has 0 bridgehead atoms. The number of hydrogen-bond acceptors (Lipinski definition) is 4. The Balaban J connectivity index is 1.55. The van der Waals surface area contributed by atoms with Gasteiger partial charge < -0.3 is 5.11 Å². The van der Waals surface area contributed by atoms with Crippen LogP contribution in [0.4, 0.5) is 0 Å². The van der Waals surface area contributed by atoms with Crippen LogP contribution in [0.25, 0.3) is 0 Å². The van der Waals surface area contributed by atoms with Crippen LogP contribution in [0, 0.1) is 11.8 Å². The summed E-state index contributed by atoms with van der Waals surface area (Å²) >= 11 is 1.74. The van der Waals surface area contributed by atoms with Gasteiger partial charge in [0.1, 0.15) is 5.60 Å². The lowest BCUT2D eigenvalue weighted by Crippen LogP contribution is -2.45. The number of nitrogens with zero attached hydrogens (tertiary/aromatic N) is 2. The Morgan fingerprint density at radius 1 is 1.22 bits per heavy atom. The number of aliphatic hydroxyl groups is 1. The predicted molar refractivity (Wildman–Crippen MR) is 114 cm³/mol. The molecule has 0 radical (unpaired) electrons. The van der Waals surface area contributed by atoms with Crippen molar-refractivity contribution in [2.75, 3.05) is 20.1 Å². The van der Waals surface area contributed by atoms with Crippen LogP contribution >= 0.6 is 11.3 Å². The zero-order valence-electron chi connectivity index (χ0n) is 16.6. The van der Waals surface area contributed by atoms with Crippen molar-refractivity contribution in [3.8, 4) is 11.8 Å². The van der Waals surface area contributed by atoms with E-state index >= 15 is 0 Å². The Morgan fingerprint density at radius 2 is 2.00 bits per heavy atom. The summed E-state index contributed by atoms with van der Waals surface area (Å²) in [5.74, 6) is 5.98. The van der Waals surface area contributed by atoms with Crippen molar-refractivity contribution in [2.24, 2.45) is 0 Å². The van der Waals surface area contributed by atoms with Crippen LogP contribution < -0.4 is 0 Å². The van der Waals surface area contributed by atoms with E-state index in [0.29, 0.717) is 6.04 Å². The third-order valence-electron chi connectivity index (χ3n) is 4.91. The zero-order valence-corrected chi connectivity index (χ0v) is 17.4. The average molecular weight is 383 g/mol. The van der Waals surface area contributed by atoms with Crippen molar-refractivity contribution in [3.63, 3.8) is 0 Å². The minimum Gasteiger partial charge on any atom is -0.378 e. The van der Waals surface area contributed by atoms with Gasteiger partial charge in [0.05, 0.1) is 4.88 Å². The highest BCUT2D eigenvalue weighted by Gasteiger charge is 2.23. The molecule has 2 aromatic rings. The van der Waals surface area contributed by atoms with Gasteiger partial charge in [-0.15, -0.1) is 11.3 Å². The fourth-order valence-electron chi connectivity index (χ4n) is 3.50. The summed E-state index contributed by atoms with van der Waals surface area (Å²) in [6.07, 6.45) is 2.52. The van der Waals surface area contributed by atoms with Crippen molar-refractivity contribution in [2.45, 2.75) is 51.4 Å². The molecule has 1 fully saturated rings. The molecule has 1 aliphatic heterocycles. The highest BCUT2D eigenvalue weighted by atomic mass is 32.1. The second-order valence-corrected chi connectivity index (χ2v) is 9.18. The maximum atomic E-state index is 9.75. The third-order valence-corrected chi connectivity index (χ3v) is 5.90. The van der Waals surface area contributed by atoms with Crippen molar-refractivity contribution in [3.05, 3.63) is 57.8 Å². The molecule has 0 saturated carbocycles. The van der Waals surface area contributed by atoms with Gasteiger partial charge >= 0.3 is 0 Å². The monoisotopic (exact) mass is 382 g/mol. The lowest BCUT2D eigenvalue weighted by molar-refractivity contribution is 0.108. The molecule has 0 unspecified atom stereocenters. The van der Waals surface area contributed by atoms with Crippen molar-refractivity contribution in [1.29, 1.82) is 0 Å². The van der Waals surface area contributed by atoms with Crippen molar-refractivity contribution < 1.29 is 5.11 Å².